The summed E-state index contributed by atoms with van der Waals surface area (Å²) in [6.07, 6.45) is 3.18. The lowest BCUT2D eigenvalue weighted by atomic mass is 10.0. The van der Waals surface area contributed by atoms with Crippen LogP contribution < -0.4 is 10.6 Å². The van der Waals surface area contributed by atoms with E-state index in [1.807, 2.05) is 20.8 Å². The third-order valence-corrected chi connectivity index (χ3v) is 4.05. The van der Waals surface area contributed by atoms with Crippen LogP contribution >= 0.6 is 0 Å². The van der Waals surface area contributed by atoms with Gasteiger partial charge in [0.1, 0.15) is 5.60 Å². The minimum Gasteiger partial charge on any atom is -0.444 e. The van der Waals surface area contributed by atoms with Gasteiger partial charge in [0.2, 0.25) is 0 Å². The van der Waals surface area contributed by atoms with Crippen molar-refractivity contribution in [3.8, 4) is 0 Å². The summed E-state index contributed by atoms with van der Waals surface area (Å²) >= 11 is 0. The quantitative estimate of drug-likeness (QED) is 0.798. The molecule has 0 radical (unpaired) electrons. The number of hydrogen-bond acceptors (Lipinski definition) is 3. The summed E-state index contributed by atoms with van der Waals surface area (Å²) in [7, 11) is 0. The average molecular weight is 318 g/mol. The first-order chi connectivity index (χ1) is 10.9. The number of benzene rings is 1. The van der Waals surface area contributed by atoms with Crippen molar-refractivity contribution < 1.29 is 9.53 Å². The Morgan fingerprint density at radius 2 is 1.91 bits per heavy atom. The summed E-state index contributed by atoms with van der Waals surface area (Å²) in [4.78, 5) is 11.8. The average Bonchev–Trinajstić information content (AvgIpc) is 3.31. The molecule has 0 spiro atoms. The largest absolute Gasteiger partial charge is 0.444 e. The predicted octanol–water partition coefficient (Wildman–Crippen LogP) is 4.03. The Balaban J connectivity index is 1.88. The topological polar surface area (TPSA) is 50.4 Å². The van der Waals surface area contributed by atoms with Gasteiger partial charge in [-0.1, -0.05) is 37.3 Å². The zero-order chi connectivity index (χ0) is 16.9. The summed E-state index contributed by atoms with van der Waals surface area (Å²) in [5.74, 6) is 0.716. The van der Waals surface area contributed by atoms with E-state index in [0.717, 1.165) is 6.42 Å². The van der Waals surface area contributed by atoms with E-state index >= 15 is 0 Å². The van der Waals surface area contributed by atoms with Gasteiger partial charge in [-0.05, 0) is 51.5 Å². The summed E-state index contributed by atoms with van der Waals surface area (Å²) in [5.41, 5.74) is 0.880. The van der Waals surface area contributed by atoms with E-state index in [4.69, 9.17) is 4.74 Å². The van der Waals surface area contributed by atoms with E-state index < -0.39 is 5.60 Å². The van der Waals surface area contributed by atoms with Gasteiger partial charge in [0.25, 0.3) is 0 Å². The van der Waals surface area contributed by atoms with Gasteiger partial charge in [0.15, 0.2) is 0 Å². The Bertz CT molecular complexity index is 492. The van der Waals surface area contributed by atoms with Crippen LogP contribution in [0, 0.1) is 5.92 Å². The molecule has 1 aliphatic rings. The maximum Gasteiger partial charge on any atom is 0.407 e. The molecule has 4 nitrogen and oxygen atoms in total. The summed E-state index contributed by atoms with van der Waals surface area (Å²) in [6, 6.07) is 11.2. The first kappa shape index (κ1) is 17.8. The molecule has 1 fully saturated rings. The summed E-state index contributed by atoms with van der Waals surface area (Å²) < 4.78 is 5.30. The fourth-order valence-corrected chi connectivity index (χ4v) is 2.69. The second-order valence-corrected chi connectivity index (χ2v) is 7.38. The second-order valence-electron chi connectivity index (χ2n) is 7.38. The van der Waals surface area contributed by atoms with Crippen molar-refractivity contribution in [2.45, 2.75) is 64.6 Å². The molecule has 128 valence electrons. The van der Waals surface area contributed by atoms with Gasteiger partial charge in [0, 0.05) is 18.6 Å². The van der Waals surface area contributed by atoms with Crippen molar-refractivity contribution in [1.82, 2.24) is 10.6 Å². The number of carbonyl (C=O) groups is 1. The van der Waals surface area contributed by atoms with Crippen LogP contribution in [0.3, 0.4) is 0 Å². The van der Waals surface area contributed by atoms with Gasteiger partial charge in [-0.25, -0.2) is 4.79 Å². The minimum absolute atomic E-state index is 0.244. The van der Waals surface area contributed by atoms with Crippen LogP contribution in [0.4, 0.5) is 4.79 Å². The molecule has 0 aliphatic heterocycles. The predicted molar refractivity (Wildman–Crippen MR) is 93.4 cm³/mol. The monoisotopic (exact) mass is 318 g/mol. The second kappa shape index (κ2) is 7.82. The maximum absolute atomic E-state index is 11.8. The molecule has 23 heavy (non-hydrogen) atoms. The lowest BCUT2D eigenvalue weighted by Crippen LogP contribution is -2.44. The van der Waals surface area contributed by atoms with Crippen LogP contribution in [-0.2, 0) is 4.74 Å². The number of alkyl carbamates (subject to hydrolysis) is 1. The Morgan fingerprint density at radius 1 is 1.26 bits per heavy atom. The van der Waals surface area contributed by atoms with Crippen molar-refractivity contribution in [3.63, 3.8) is 0 Å². The number of rotatable bonds is 7. The van der Waals surface area contributed by atoms with Gasteiger partial charge in [-0.3, -0.25) is 0 Å². The van der Waals surface area contributed by atoms with E-state index in [0.29, 0.717) is 18.5 Å². The van der Waals surface area contributed by atoms with E-state index in [9.17, 15) is 4.79 Å². The highest BCUT2D eigenvalue weighted by Gasteiger charge is 2.33. The Labute approximate surface area is 140 Å². The summed E-state index contributed by atoms with van der Waals surface area (Å²) in [5, 5.41) is 6.61. The molecule has 1 aromatic carbocycles. The van der Waals surface area contributed by atoms with Gasteiger partial charge in [-0.2, -0.15) is 0 Å². The van der Waals surface area contributed by atoms with Crippen molar-refractivity contribution in [3.05, 3.63) is 35.9 Å². The van der Waals surface area contributed by atoms with Crippen molar-refractivity contribution in [2.75, 3.05) is 6.54 Å². The smallest absolute Gasteiger partial charge is 0.407 e. The van der Waals surface area contributed by atoms with Crippen molar-refractivity contribution >= 4 is 6.09 Å². The normalized spacial score (nSPS) is 17.4. The van der Waals surface area contributed by atoms with Crippen LogP contribution in [0.5, 0.6) is 0 Å². The fraction of sp³-hybridized carbons (Fsp3) is 0.632. The Morgan fingerprint density at radius 3 is 2.43 bits per heavy atom. The molecular weight excluding hydrogens is 288 g/mol. The maximum atomic E-state index is 11.8. The number of hydrogen-bond donors (Lipinski definition) is 2. The van der Waals surface area contributed by atoms with Crippen molar-refractivity contribution in [2.24, 2.45) is 5.92 Å². The van der Waals surface area contributed by atoms with Gasteiger partial charge < -0.3 is 15.4 Å². The van der Waals surface area contributed by atoms with Crippen LogP contribution in [0.1, 0.15) is 58.6 Å². The molecule has 1 aromatic rings. The van der Waals surface area contributed by atoms with E-state index in [1.165, 1.54) is 18.4 Å². The van der Waals surface area contributed by atoms with E-state index in [2.05, 4.69) is 47.9 Å². The van der Waals surface area contributed by atoms with Gasteiger partial charge >= 0.3 is 6.09 Å². The standard InChI is InChI=1S/C19H30N2O2/c1-5-16(13-20-18(22)23-19(2,3)4)21-17(15-11-12-15)14-9-7-6-8-10-14/h6-10,15-17,21H,5,11-13H2,1-4H3,(H,20,22). The Kier molecular flexibility index (Phi) is 6.05. The Hall–Kier alpha value is -1.55. The molecule has 2 atom stereocenters. The molecule has 4 heteroatoms. The highest BCUT2D eigenvalue weighted by molar-refractivity contribution is 5.67. The molecule has 2 N–H and O–H groups in total. The van der Waals surface area contributed by atoms with Crippen LogP contribution in [-0.4, -0.2) is 24.3 Å². The molecule has 0 heterocycles. The first-order valence-electron chi connectivity index (χ1n) is 8.67. The molecule has 0 aromatic heterocycles. The van der Waals surface area contributed by atoms with Gasteiger partial charge in [-0.15, -0.1) is 0 Å². The third-order valence-electron chi connectivity index (χ3n) is 4.05. The van der Waals surface area contributed by atoms with Crippen LogP contribution in [0.15, 0.2) is 30.3 Å². The molecule has 2 unspecified atom stereocenters. The van der Waals surface area contributed by atoms with Crippen molar-refractivity contribution in [1.29, 1.82) is 0 Å². The zero-order valence-corrected chi connectivity index (χ0v) is 14.8. The molecular formula is C19H30N2O2. The molecule has 1 aliphatic carbocycles. The molecule has 1 amide bonds. The number of amides is 1. The molecule has 0 saturated heterocycles. The highest BCUT2D eigenvalue weighted by atomic mass is 16.6. The third kappa shape index (κ3) is 6.22. The van der Waals surface area contributed by atoms with Crippen LogP contribution in [0.2, 0.25) is 0 Å². The lowest BCUT2D eigenvalue weighted by molar-refractivity contribution is 0.0521. The summed E-state index contributed by atoms with van der Waals surface area (Å²) in [6.45, 7) is 8.35. The van der Waals surface area contributed by atoms with Gasteiger partial charge in [0.05, 0.1) is 0 Å². The lowest BCUT2D eigenvalue weighted by Gasteiger charge is -2.26. The zero-order valence-electron chi connectivity index (χ0n) is 14.8. The molecule has 1 saturated carbocycles. The highest BCUT2D eigenvalue weighted by Crippen LogP contribution is 2.41. The first-order valence-corrected chi connectivity index (χ1v) is 8.67. The minimum atomic E-state index is -0.459. The molecule has 2 rings (SSSR count). The number of nitrogens with one attached hydrogen (secondary N) is 2. The fourth-order valence-electron chi connectivity index (χ4n) is 2.69. The SMILES string of the molecule is CCC(CNC(=O)OC(C)(C)C)NC(c1ccccc1)C1CC1. The number of ether oxygens (including phenoxy) is 1. The van der Waals surface area contributed by atoms with E-state index in [1.54, 1.807) is 0 Å². The van der Waals surface area contributed by atoms with E-state index in [-0.39, 0.29) is 12.1 Å². The van der Waals surface area contributed by atoms with Crippen LogP contribution in [0.25, 0.3) is 0 Å². The molecule has 0 bridgehead atoms. The number of carbonyl (C=O) groups excluding carboxylic acids is 1.